The Morgan fingerprint density at radius 2 is 2.06 bits per heavy atom. The molecule has 0 radical (unpaired) electrons. The van der Waals surface area contributed by atoms with E-state index in [0.29, 0.717) is 12.2 Å². The molecule has 6 heteroatoms. The van der Waals surface area contributed by atoms with Crippen LogP contribution in [0.3, 0.4) is 0 Å². The first-order valence-corrected chi connectivity index (χ1v) is 7.43. The maximum absolute atomic E-state index is 5.73. The molecule has 0 saturated carbocycles. The molecule has 1 saturated heterocycles. The Morgan fingerprint density at radius 1 is 1.33 bits per heavy atom. The van der Waals surface area contributed by atoms with Gasteiger partial charge in [0.1, 0.15) is 5.01 Å². The summed E-state index contributed by atoms with van der Waals surface area (Å²) < 4.78 is 5.73. The van der Waals surface area contributed by atoms with Gasteiger partial charge in [-0.2, -0.15) is 0 Å². The summed E-state index contributed by atoms with van der Waals surface area (Å²) in [6.07, 6.45) is 1.71. The summed E-state index contributed by atoms with van der Waals surface area (Å²) in [4.78, 5) is 2.39. The number of ether oxygens (including phenoxy) is 1. The molecule has 1 aliphatic rings. The third-order valence-electron chi connectivity index (χ3n) is 2.85. The molecule has 2 heterocycles. The minimum atomic E-state index is 0.305. The summed E-state index contributed by atoms with van der Waals surface area (Å²) in [5.41, 5.74) is 0. The van der Waals surface area contributed by atoms with Crippen molar-refractivity contribution in [1.82, 2.24) is 15.1 Å². The van der Waals surface area contributed by atoms with Gasteiger partial charge < -0.3 is 10.1 Å². The van der Waals surface area contributed by atoms with Gasteiger partial charge in [-0.3, -0.25) is 4.90 Å². The normalized spacial score (nSPS) is 25.3. The smallest absolute Gasteiger partial charge is 0.205 e. The van der Waals surface area contributed by atoms with Gasteiger partial charge in [0.05, 0.1) is 18.8 Å². The number of aromatic nitrogens is 2. The average molecular weight is 270 g/mol. The monoisotopic (exact) mass is 270 g/mol. The fourth-order valence-corrected chi connectivity index (χ4v) is 3.03. The maximum Gasteiger partial charge on any atom is 0.205 e. The van der Waals surface area contributed by atoms with Crippen molar-refractivity contribution >= 4 is 16.5 Å². The molecule has 1 fully saturated rings. The van der Waals surface area contributed by atoms with Gasteiger partial charge in [0.25, 0.3) is 0 Å². The van der Waals surface area contributed by atoms with Crippen molar-refractivity contribution in [3.05, 3.63) is 5.01 Å². The Kier molecular flexibility index (Phi) is 4.91. The number of nitrogens with zero attached hydrogens (tertiary/aromatic N) is 3. The minimum Gasteiger partial charge on any atom is -0.373 e. The second-order valence-corrected chi connectivity index (χ2v) is 5.94. The SMILES string of the molecule is CCCNc1nnc(CN2C[C@@H](C)O[C@@H](C)C2)s1. The summed E-state index contributed by atoms with van der Waals surface area (Å²) in [5, 5.41) is 13.7. The number of hydrogen-bond acceptors (Lipinski definition) is 6. The van der Waals surface area contributed by atoms with Gasteiger partial charge in [0.2, 0.25) is 5.13 Å². The van der Waals surface area contributed by atoms with Crippen molar-refractivity contribution in [1.29, 1.82) is 0 Å². The van der Waals surface area contributed by atoms with E-state index >= 15 is 0 Å². The molecule has 0 amide bonds. The van der Waals surface area contributed by atoms with Gasteiger partial charge in [-0.15, -0.1) is 10.2 Å². The first kappa shape index (κ1) is 13.7. The summed E-state index contributed by atoms with van der Waals surface area (Å²) >= 11 is 1.65. The lowest BCUT2D eigenvalue weighted by Gasteiger charge is -2.34. The third kappa shape index (κ3) is 3.90. The number of anilines is 1. The van der Waals surface area contributed by atoms with Crippen LogP contribution in [0, 0.1) is 0 Å². The van der Waals surface area contributed by atoms with Crippen LogP contribution in [0.2, 0.25) is 0 Å². The zero-order valence-corrected chi connectivity index (χ0v) is 12.2. The highest BCUT2D eigenvalue weighted by atomic mass is 32.1. The van der Waals surface area contributed by atoms with Crippen molar-refractivity contribution in [2.45, 2.75) is 45.9 Å². The molecule has 2 rings (SSSR count). The first-order chi connectivity index (χ1) is 8.67. The molecule has 0 bridgehead atoms. The quantitative estimate of drug-likeness (QED) is 0.886. The fraction of sp³-hybridized carbons (Fsp3) is 0.833. The van der Waals surface area contributed by atoms with Crippen LogP contribution in [0.15, 0.2) is 0 Å². The van der Waals surface area contributed by atoms with Gasteiger partial charge in [-0.25, -0.2) is 0 Å². The molecule has 102 valence electrons. The van der Waals surface area contributed by atoms with E-state index in [-0.39, 0.29) is 0 Å². The van der Waals surface area contributed by atoms with E-state index in [0.717, 1.165) is 42.7 Å². The molecular weight excluding hydrogens is 248 g/mol. The molecule has 5 nitrogen and oxygen atoms in total. The largest absolute Gasteiger partial charge is 0.373 e. The minimum absolute atomic E-state index is 0.305. The Bertz CT molecular complexity index is 361. The van der Waals surface area contributed by atoms with Crippen LogP contribution in [0.4, 0.5) is 5.13 Å². The topological polar surface area (TPSA) is 50.3 Å². The second kappa shape index (κ2) is 6.45. The molecule has 1 aromatic rings. The highest BCUT2D eigenvalue weighted by molar-refractivity contribution is 7.15. The van der Waals surface area contributed by atoms with Gasteiger partial charge in [-0.05, 0) is 20.3 Å². The second-order valence-electron chi connectivity index (χ2n) is 4.88. The lowest BCUT2D eigenvalue weighted by molar-refractivity contribution is -0.0705. The van der Waals surface area contributed by atoms with E-state index in [9.17, 15) is 0 Å². The van der Waals surface area contributed by atoms with E-state index < -0.39 is 0 Å². The van der Waals surface area contributed by atoms with Crippen LogP contribution in [0.25, 0.3) is 0 Å². The lowest BCUT2D eigenvalue weighted by Crippen LogP contribution is -2.44. The van der Waals surface area contributed by atoms with E-state index in [1.807, 2.05) is 0 Å². The third-order valence-corrected chi connectivity index (χ3v) is 3.71. The van der Waals surface area contributed by atoms with E-state index in [4.69, 9.17) is 4.74 Å². The van der Waals surface area contributed by atoms with Crippen LogP contribution >= 0.6 is 11.3 Å². The molecule has 0 aromatic carbocycles. The van der Waals surface area contributed by atoms with E-state index in [1.54, 1.807) is 11.3 Å². The van der Waals surface area contributed by atoms with Crippen molar-refractivity contribution in [2.75, 3.05) is 25.0 Å². The lowest BCUT2D eigenvalue weighted by atomic mass is 10.2. The Morgan fingerprint density at radius 3 is 2.72 bits per heavy atom. The zero-order chi connectivity index (χ0) is 13.0. The average Bonchev–Trinajstić information content (AvgIpc) is 2.72. The molecule has 0 unspecified atom stereocenters. The van der Waals surface area contributed by atoms with Crippen molar-refractivity contribution in [3.8, 4) is 0 Å². The standard InChI is InChI=1S/C12H22N4OS/c1-4-5-13-12-15-14-11(18-12)8-16-6-9(2)17-10(3)7-16/h9-10H,4-8H2,1-3H3,(H,13,15)/t9-,10+. The number of rotatable bonds is 5. The fourth-order valence-electron chi connectivity index (χ4n) is 2.23. The molecule has 1 aliphatic heterocycles. The van der Waals surface area contributed by atoms with Crippen LogP contribution < -0.4 is 5.32 Å². The highest BCUT2D eigenvalue weighted by Gasteiger charge is 2.23. The van der Waals surface area contributed by atoms with Gasteiger partial charge in [-0.1, -0.05) is 18.3 Å². The van der Waals surface area contributed by atoms with E-state index in [2.05, 4.69) is 41.2 Å². The van der Waals surface area contributed by atoms with Crippen LogP contribution in [-0.2, 0) is 11.3 Å². The van der Waals surface area contributed by atoms with Crippen molar-refractivity contribution in [2.24, 2.45) is 0 Å². The van der Waals surface area contributed by atoms with E-state index in [1.165, 1.54) is 0 Å². The number of nitrogens with one attached hydrogen (secondary N) is 1. The number of morpholine rings is 1. The van der Waals surface area contributed by atoms with Crippen molar-refractivity contribution in [3.63, 3.8) is 0 Å². The molecule has 0 spiro atoms. The summed E-state index contributed by atoms with van der Waals surface area (Å²) in [6.45, 7) is 10.2. The van der Waals surface area contributed by atoms with Gasteiger partial charge >= 0.3 is 0 Å². The Labute approximate surface area is 113 Å². The van der Waals surface area contributed by atoms with Crippen molar-refractivity contribution < 1.29 is 4.74 Å². The zero-order valence-electron chi connectivity index (χ0n) is 11.3. The number of hydrogen-bond donors (Lipinski definition) is 1. The van der Waals surface area contributed by atoms with Gasteiger partial charge in [0, 0.05) is 19.6 Å². The Hall–Kier alpha value is -0.720. The molecule has 1 aromatic heterocycles. The molecule has 1 N–H and O–H groups in total. The predicted octanol–water partition coefficient (Wildman–Crippen LogP) is 1.97. The Balaban J connectivity index is 1.86. The maximum atomic E-state index is 5.73. The van der Waals surface area contributed by atoms with Gasteiger partial charge in [0.15, 0.2) is 0 Å². The molecule has 0 aliphatic carbocycles. The first-order valence-electron chi connectivity index (χ1n) is 6.61. The summed E-state index contributed by atoms with van der Waals surface area (Å²) in [5.74, 6) is 0. The van der Waals surface area contributed by atoms with Crippen LogP contribution in [0.1, 0.15) is 32.2 Å². The summed E-state index contributed by atoms with van der Waals surface area (Å²) in [7, 11) is 0. The van der Waals surface area contributed by atoms with Crippen LogP contribution in [0.5, 0.6) is 0 Å². The van der Waals surface area contributed by atoms with Crippen LogP contribution in [-0.4, -0.2) is 46.9 Å². The molecule has 2 atom stereocenters. The molecule has 18 heavy (non-hydrogen) atoms. The summed E-state index contributed by atoms with van der Waals surface area (Å²) in [6, 6.07) is 0. The molecular formula is C12H22N4OS. The highest BCUT2D eigenvalue weighted by Crippen LogP contribution is 2.19. The predicted molar refractivity (Wildman–Crippen MR) is 74.0 cm³/mol.